The molecule has 0 radical (unpaired) electrons. The zero-order chi connectivity index (χ0) is 12.8. The summed E-state index contributed by atoms with van der Waals surface area (Å²) in [5, 5.41) is 28.0. The molecule has 0 saturated carbocycles. The van der Waals surface area contributed by atoms with E-state index in [9.17, 15) is 10.2 Å². The van der Waals surface area contributed by atoms with Crippen LogP contribution in [0.4, 0.5) is 0 Å². The SMILES string of the molecule is OC[C@@H](O)[C@H]1OC2OC(C(Cl)(Cl)Cl)O[C@H]2[C@H]1O. The summed E-state index contributed by atoms with van der Waals surface area (Å²) in [6, 6.07) is 0. The molecule has 2 rings (SSSR count). The Kier molecular flexibility index (Phi) is 4.10. The lowest BCUT2D eigenvalue weighted by atomic mass is 10.1. The molecule has 100 valence electrons. The molecule has 2 aliphatic heterocycles. The van der Waals surface area contributed by atoms with E-state index < -0.39 is 47.4 Å². The molecule has 2 aliphatic rings. The van der Waals surface area contributed by atoms with Crippen molar-refractivity contribution in [2.45, 2.75) is 40.8 Å². The number of aliphatic hydroxyl groups excluding tert-OH is 3. The molecule has 0 aromatic rings. The van der Waals surface area contributed by atoms with Gasteiger partial charge in [-0.15, -0.1) is 0 Å². The first-order chi connectivity index (χ1) is 7.84. The Morgan fingerprint density at radius 2 is 1.82 bits per heavy atom. The number of alkyl halides is 3. The Balaban J connectivity index is 2.01. The smallest absolute Gasteiger partial charge is 0.241 e. The lowest BCUT2D eigenvalue weighted by Gasteiger charge is -2.24. The first kappa shape index (κ1) is 14.0. The molecule has 2 fully saturated rings. The molecule has 17 heavy (non-hydrogen) atoms. The summed E-state index contributed by atoms with van der Waals surface area (Å²) in [6.45, 7) is -0.547. The molecule has 0 amide bonds. The van der Waals surface area contributed by atoms with E-state index >= 15 is 0 Å². The van der Waals surface area contributed by atoms with Gasteiger partial charge in [-0.05, 0) is 0 Å². The summed E-state index contributed by atoms with van der Waals surface area (Å²) in [7, 11) is 0. The molecule has 6 atom stereocenters. The fraction of sp³-hybridized carbons (Fsp3) is 1.00. The predicted octanol–water partition coefficient (Wildman–Crippen LogP) is -0.463. The van der Waals surface area contributed by atoms with Crippen molar-refractivity contribution >= 4 is 34.8 Å². The maximum absolute atomic E-state index is 9.81. The molecule has 2 unspecified atom stereocenters. The molecule has 2 saturated heterocycles. The maximum Gasteiger partial charge on any atom is 0.241 e. The van der Waals surface area contributed by atoms with Crippen molar-refractivity contribution < 1.29 is 29.5 Å². The van der Waals surface area contributed by atoms with E-state index in [0.29, 0.717) is 0 Å². The third-order valence-electron chi connectivity index (χ3n) is 2.60. The van der Waals surface area contributed by atoms with Gasteiger partial charge in [-0.2, -0.15) is 0 Å². The van der Waals surface area contributed by atoms with Gasteiger partial charge in [-0.1, -0.05) is 34.8 Å². The van der Waals surface area contributed by atoms with E-state index in [1.54, 1.807) is 0 Å². The summed E-state index contributed by atoms with van der Waals surface area (Å²) in [4.78, 5) is 0. The molecular formula is C8H11Cl3O6. The van der Waals surface area contributed by atoms with Gasteiger partial charge in [0.1, 0.15) is 24.4 Å². The van der Waals surface area contributed by atoms with Crippen molar-refractivity contribution in [1.82, 2.24) is 0 Å². The molecule has 0 aliphatic carbocycles. The van der Waals surface area contributed by atoms with Crippen LogP contribution in [0, 0.1) is 0 Å². The van der Waals surface area contributed by atoms with E-state index in [0.717, 1.165) is 0 Å². The van der Waals surface area contributed by atoms with Crippen LogP contribution in [0.15, 0.2) is 0 Å². The average molecular weight is 310 g/mol. The molecule has 0 aromatic carbocycles. The summed E-state index contributed by atoms with van der Waals surface area (Å²) in [6.07, 6.45) is -6.33. The Morgan fingerprint density at radius 3 is 2.29 bits per heavy atom. The molecule has 0 aromatic heterocycles. The number of hydrogen-bond donors (Lipinski definition) is 3. The lowest BCUT2D eigenvalue weighted by Crippen LogP contribution is -2.42. The van der Waals surface area contributed by atoms with Crippen LogP contribution >= 0.6 is 34.8 Å². The largest absolute Gasteiger partial charge is 0.394 e. The first-order valence-corrected chi connectivity index (χ1v) is 5.98. The van der Waals surface area contributed by atoms with Gasteiger partial charge in [-0.25, -0.2) is 0 Å². The number of aliphatic hydroxyl groups is 3. The predicted molar refractivity (Wildman–Crippen MR) is 57.8 cm³/mol. The van der Waals surface area contributed by atoms with E-state index in [-0.39, 0.29) is 0 Å². The lowest BCUT2D eigenvalue weighted by molar-refractivity contribution is -0.188. The van der Waals surface area contributed by atoms with Gasteiger partial charge in [0, 0.05) is 0 Å². The van der Waals surface area contributed by atoms with E-state index in [4.69, 9.17) is 54.1 Å². The summed E-state index contributed by atoms with van der Waals surface area (Å²) < 4.78 is 13.8. The fourth-order valence-electron chi connectivity index (χ4n) is 1.79. The number of halogens is 3. The Labute approximate surface area is 112 Å². The minimum absolute atomic E-state index is 0.547. The van der Waals surface area contributed by atoms with Gasteiger partial charge in [0.05, 0.1) is 6.61 Å². The number of fused-ring (bicyclic) bond motifs is 1. The number of ether oxygens (including phenoxy) is 3. The highest BCUT2D eigenvalue weighted by Crippen LogP contribution is 2.42. The van der Waals surface area contributed by atoms with E-state index in [1.165, 1.54) is 0 Å². The van der Waals surface area contributed by atoms with Crippen molar-refractivity contribution in [2.75, 3.05) is 6.61 Å². The molecule has 6 nitrogen and oxygen atoms in total. The average Bonchev–Trinajstić information content (AvgIpc) is 2.77. The second-order valence-electron chi connectivity index (χ2n) is 3.82. The summed E-state index contributed by atoms with van der Waals surface area (Å²) in [5.74, 6) is 0. The van der Waals surface area contributed by atoms with Crippen LogP contribution in [0.2, 0.25) is 0 Å². The van der Waals surface area contributed by atoms with Crippen LogP contribution in [0.1, 0.15) is 0 Å². The number of hydrogen-bond acceptors (Lipinski definition) is 6. The van der Waals surface area contributed by atoms with Gasteiger partial charge in [-0.3, -0.25) is 0 Å². The molecule has 3 N–H and O–H groups in total. The van der Waals surface area contributed by atoms with Crippen LogP contribution in [-0.2, 0) is 14.2 Å². The topological polar surface area (TPSA) is 88.4 Å². The third kappa shape index (κ3) is 2.65. The quantitative estimate of drug-likeness (QED) is 0.598. The van der Waals surface area contributed by atoms with Crippen LogP contribution in [0.25, 0.3) is 0 Å². The normalized spacial score (nSPS) is 43.8. The highest BCUT2D eigenvalue weighted by Gasteiger charge is 2.57. The first-order valence-electron chi connectivity index (χ1n) is 4.84. The van der Waals surface area contributed by atoms with Gasteiger partial charge >= 0.3 is 0 Å². The van der Waals surface area contributed by atoms with Crippen molar-refractivity contribution in [3.63, 3.8) is 0 Å². The Bertz CT molecular complexity index is 285. The van der Waals surface area contributed by atoms with Crippen molar-refractivity contribution in [1.29, 1.82) is 0 Å². The Morgan fingerprint density at radius 1 is 1.18 bits per heavy atom. The minimum atomic E-state index is -1.79. The molecule has 9 heteroatoms. The van der Waals surface area contributed by atoms with Gasteiger partial charge in [0.15, 0.2) is 6.29 Å². The summed E-state index contributed by atoms with van der Waals surface area (Å²) >= 11 is 16.7. The van der Waals surface area contributed by atoms with Crippen LogP contribution in [0.5, 0.6) is 0 Å². The second-order valence-corrected chi connectivity index (χ2v) is 6.19. The standard InChI is InChI=1S/C8H11Cl3O6/c9-8(10,11)7-16-5-3(14)4(2(13)1-12)15-6(5)17-7/h2-7,12-14H,1H2/t2-,3+,4-,5+,6?,7?/m1/s1. The minimum Gasteiger partial charge on any atom is -0.394 e. The van der Waals surface area contributed by atoms with Gasteiger partial charge < -0.3 is 29.5 Å². The van der Waals surface area contributed by atoms with Gasteiger partial charge in [0.2, 0.25) is 10.1 Å². The van der Waals surface area contributed by atoms with Crippen LogP contribution in [-0.4, -0.2) is 62.7 Å². The maximum atomic E-state index is 9.81. The van der Waals surface area contributed by atoms with Crippen LogP contribution < -0.4 is 0 Å². The molecule has 0 spiro atoms. The van der Waals surface area contributed by atoms with Crippen LogP contribution in [0.3, 0.4) is 0 Å². The molecule has 2 heterocycles. The van der Waals surface area contributed by atoms with Crippen molar-refractivity contribution in [3.05, 3.63) is 0 Å². The zero-order valence-corrected chi connectivity index (χ0v) is 10.6. The fourth-order valence-corrected chi connectivity index (χ4v) is 2.10. The summed E-state index contributed by atoms with van der Waals surface area (Å²) in [5.41, 5.74) is 0. The zero-order valence-electron chi connectivity index (χ0n) is 8.37. The third-order valence-corrected chi connectivity index (χ3v) is 3.14. The Hall–Kier alpha value is 0.630. The monoisotopic (exact) mass is 308 g/mol. The second kappa shape index (κ2) is 4.96. The van der Waals surface area contributed by atoms with Crippen molar-refractivity contribution in [2.24, 2.45) is 0 Å². The van der Waals surface area contributed by atoms with E-state index in [2.05, 4.69) is 0 Å². The van der Waals surface area contributed by atoms with E-state index in [1.807, 2.05) is 0 Å². The van der Waals surface area contributed by atoms with Gasteiger partial charge in [0.25, 0.3) is 0 Å². The number of rotatable bonds is 2. The molecule has 0 bridgehead atoms. The highest BCUT2D eigenvalue weighted by molar-refractivity contribution is 6.67. The van der Waals surface area contributed by atoms with Crippen molar-refractivity contribution in [3.8, 4) is 0 Å². The molecular weight excluding hydrogens is 298 g/mol. The highest BCUT2D eigenvalue weighted by atomic mass is 35.6.